The highest BCUT2D eigenvalue weighted by Gasteiger charge is 3.16. The van der Waals surface area contributed by atoms with Crippen molar-refractivity contribution in [2.75, 3.05) is 6.61 Å². The van der Waals surface area contributed by atoms with Gasteiger partial charge in [0, 0.05) is 6.42 Å². The molecule has 4 rings (SSSR count). The maximum atomic E-state index is 11.5. The molecule has 4 aliphatic rings. The van der Waals surface area contributed by atoms with E-state index in [1.807, 2.05) is 0 Å². The van der Waals surface area contributed by atoms with Crippen molar-refractivity contribution in [3.05, 3.63) is 0 Å². The highest BCUT2D eigenvalue weighted by molar-refractivity contribution is 5.69. The molecule has 4 saturated heterocycles. The number of rotatable bonds is 17. The maximum absolute atomic E-state index is 11.5. The lowest BCUT2D eigenvalue weighted by atomic mass is 10.0. The molecule has 0 aromatic heterocycles. The smallest absolute Gasteiger partial charge is 0.355 e. The van der Waals surface area contributed by atoms with Crippen molar-refractivity contribution in [2.24, 2.45) is 0 Å². The molecule has 0 aliphatic carbocycles. The van der Waals surface area contributed by atoms with E-state index in [1.165, 1.54) is 57.8 Å². The molecule has 2 unspecified atom stereocenters. The Balaban J connectivity index is 0.855. The van der Waals surface area contributed by atoms with Crippen LogP contribution in [0.15, 0.2) is 0 Å². The van der Waals surface area contributed by atoms with Gasteiger partial charge < -0.3 is 9.47 Å². The molecule has 0 bridgehead atoms. The maximum Gasteiger partial charge on any atom is 0.355 e. The second-order valence-corrected chi connectivity index (χ2v) is 8.75. The van der Waals surface area contributed by atoms with E-state index in [2.05, 4.69) is 6.92 Å². The third-order valence-corrected chi connectivity index (χ3v) is 6.41. The molecule has 0 aromatic rings. The zero-order valence-electron chi connectivity index (χ0n) is 17.3. The van der Waals surface area contributed by atoms with Crippen LogP contribution in [0.1, 0.15) is 103 Å². The molecule has 160 valence electrons. The molecule has 0 amide bonds. The fourth-order valence-corrected chi connectivity index (χ4v) is 4.42. The quantitative estimate of drug-likeness (QED) is 0.197. The second-order valence-electron chi connectivity index (χ2n) is 8.75. The number of ether oxygens (including phenoxy) is 5. The molecule has 28 heavy (non-hydrogen) atoms. The molecular formula is C22H36O6. The molecule has 4 heterocycles. The molecule has 0 N–H and O–H groups in total. The van der Waals surface area contributed by atoms with Gasteiger partial charge in [-0.3, -0.25) is 19.0 Å². The molecule has 0 radical (unpaired) electrons. The van der Waals surface area contributed by atoms with Crippen LogP contribution in [0.25, 0.3) is 0 Å². The normalized spacial score (nSPS) is 35.8. The third kappa shape index (κ3) is 3.98. The molecule has 6 nitrogen and oxygen atoms in total. The van der Waals surface area contributed by atoms with Crippen molar-refractivity contribution in [1.82, 2.24) is 0 Å². The van der Waals surface area contributed by atoms with Gasteiger partial charge in [-0.1, -0.05) is 77.6 Å². The Morgan fingerprint density at radius 2 is 1.43 bits per heavy atom. The van der Waals surface area contributed by atoms with E-state index < -0.39 is 17.5 Å². The second kappa shape index (κ2) is 8.58. The Labute approximate surface area is 168 Å². The summed E-state index contributed by atoms with van der Waals surface area (Å²) in [4.78, 5) is 11.5. The first-order chi connectivity index (χ1) is 13.7. The standard InChI is InChI=1S/C22H36O6/c1-2-3-17-24-19(23)16-14-12-10-8-6-4-5-7-9-11-13-15-18-20(25-18)21-22(26-20,27-21)28-21/h18H,2-17H2,1H3. The predicted molar refractivity (Wildman–Crippen MR) is 102 cm³/mol. The first-order valence-electron chi connectivity index (χ1n) is 11.6. The molecule has 0 saturated carbocycles. The van der Waals surface area contributed by atoms with Crippen molar-refractivity contribution in [2.45, 2.75) is 127 Å². The number of carbonyl (C=O) groups excluding carboxylic acids is 1. The molecule has 0 aromatic carbocycles. The number of unbranched alkanes of at least 4 members (excludes halogenated alkanes) is 11. The Morgan fingerprint density at radius 1 is 0.821 bits per heavy atom. The fourth-order valence-electron chi connectivity index (χ4n) is 4.42. The van der Waals surface area contributed by atoms with E-state index in [0.717, 1.165) is 32.1 Å². The Morgan fingerprint density at radius 3 is 1.96 bits per heavy atom. The lowest BCUT2D eigenvalue weighted by Gasteiger charge is -2.10. The topological polar surface area (TPSA) is 73.1 Å². The largest absolute Gasteiger partial charge is 0.466 e. The fraction of sp³-hybridized carbons (Fsp3) is 0.955. The third-order valence-electron chi connectivity index (χ3n) is 6.41. The first kappa shape index (κ1) is 20.6. The Bertz CT molecular complexity index is 543. The average Bonchev–Trinajstić information content (AvgIpc) is 3.56. The summed E-state index contributed by atoms with van der Waals surface area (Å²) in [7, 11) is 0. The Kier molecular flexibility index (Phi) is 6.31. The summed E-state index contributed by atoms with van der Waals surface area (Å²) in [5.41, 5.74) is 0. The monoisotopic (exact) mass is 396 g/mol. The van der Waals surface area contributed by atoms with Gasteiger partial charge in [-0.15, -0.1) is 0 Å². The van der Waals surface area contributed by atoms with Crippen molar-refractivity contribution >= 4 is 5.97 Å². The predicted octanol–water partition coefficient (Wildman–Crippen LogP) is 4.94. The zero-order chi connectivity index (χ0) is 19.5. The van der Waals surface area contributed by atoms with Crippen LogP contribution in [0.5, 0.6) is 0 Å². The minimum absolute atomic E-state index is 0.0216. The van der Waals surface area contributed by atoms with Crippen molar-refractivity contribution in [1.29, 1.82) is 0 Å². The lowest BCUT2D eigenvalue weighted by molar-refractivity contribution is -0.166. The van der Waals surface area contributed by atoms with E-state index >= 15 is 0 Å². The van der Waals surface area contributed by atoms with E-state index in [1.54, 1.807) is 0 Å². The van der Waals surface area contributed by atoms with E-state index in [9.17, 15) is 4.79 Å². The van der Waals surface area contributed by atoms with E-state index in [4.69, 9.17) is 23.7 Å². The highest BCUT2D eigenvalue weighted by Crippen LogP contribution is 2.88. The molecule has 1 spiro atoms. The van der Waals surface area contributed by atoms with Gasteiger partial charge in [-0.2, -0.15) is 0 Å². The van der Waals surface area contributed by atoms with Gasteiger partial charge in [-0.05, 0) is 19.3 Å². The van der Waals surface area contributed by atoms with Gasteiger partial charge in [0.15, 0.2) is 0 Å². The SMILES string of the molecule is CCCCOC(=O)CCCCCCCCCCCCCC1OC12OC13OC12O3. The summed E-state index contributed by atoms with van der Waals surface area (Å²) >= 11 is 0. The minimum atomic E-state index is -0.651. The van der Waals surface area contributed by atoms with E-state index in [0.29, 0.717) is 13.0 Å². The number of carbonyl (C=O) groups is 1. The summed E-state index contributed by atoms with van der Waals surface area (Å²) in [6.45, 7) is 2.69. The van der Waals surface area contributed by atoms with Gasteiger partial charge in [0.25, 0.3) is 5.79 Å². The van der Waals surface area contributed by atoms with Gasteiger partial charge in [-0.25, -0.2) is 0 Å². The van der Waals surface area contributed by atoms with Crippen LogP contribution in [-0.4, -0.2) is 36.2 Å². The summed E-state index contributed by atoms with van der Waals surface area (Å²) in [6.07, 6.45) is 17.6. The van der Waals surface area contributed by atoms with Gasteiger partial charge in [0.05, 0.1) is 6.61 Å². The molecule has 4 aliphatic heterocycles. The van der Waals surface area contributed by atoms with Crippen molar-refractivity contribution in [3.63, 3.8) is 0 Å². The molecule has 2 atom stereocenters. The molecule has 4 fully saturated rings. The van der Waals surface area contributed by atoms with Crippen molar-refractivity contribution < 1.29 is 28.5 Å². The zero-order valence-corrected chi connectivity index (χ0v) is 17.3. The number of esters is 1. The lowest BCUT2D eigenvalue weighted by Crippen LogP contribution is -2.39. The van der Waals surface area contributed by atoms with Crippen molar-refractivity contribution in [3.8, 4) is 0 Å². The van der Waals surface area contributed by atoms with Gasteiger partial charge in [0.1, 0.15) is 6.10 Å². The summed E-state index contributed by atoms with van der Waals surface area (Å²) in [5, 5.41) is 0. The molecule has 6 heteroatoms. The number of hydrogen-bond donors (Lipinski definition) is 0. The number of hydrogen-bond acceptors (Lipinski definition) is 6. The Hall–Kier alpha value is -0.690. The van der Waals surface area contributed by atoms with Crippen LogP contribution in [0, 0.1) is 0 Å². The number of epoxide rings is 3. The van der Waals surface area contributed by atoms with E-state index in [-0.39, 0.29) is 12.1 Å². The van der Waals surface area contributed by atoms with Gasteiger partial charge >= 0.3 is 17.7 Å². The minimum Gasteiger partial charge on any atom is -0.466 e. The van der Waals surface area contributed by atoms with Crippen LogP contribution in [0.3, 0.4) is 0 Å². The van der Waals surface area contributed by atoms with Gasteiger partial charge in [0.2, 0.25) is 0 Å². The van der Waals surface area contributed by atoms with Crippen LogP contribution in [0.4, 0.5) is 0 Å². The van der Waals surface area contributed by atoms with Crippen LogP contribution < -0.4 is 0 Å². The highest BCUT2D eigenvalue weighted by atomic mass is 17.2. The average molecular weight is 397 g/mol. The summed E-state index contributed by atoms with van der Waals surface area (Å²) in [5.74, 6) is -1.65. The summed E-state index contributed by atoms with van der Waals surface area (Å²) in [6, 6.07) is 0. The van der Waals surface area contributed by atoms with Crippen LogP contribution in [0.2, 0.25) is 0 Å². The summed E-state index contributed by atoms with van der Waals surface area (Å²) < 4.78 is 27.1. The van der Waals surface area contributed by atoms with Crippen LogP contribution in [-0.2, 0) is 28.5 Å². The first-order valence-corrected chi connectivity index (χ1v) is 11.6. The molecular weight excluding hydrogens is 360 g/mol. The van der Waals surface area contributed by atoms with Crippen LogP contribution >= 0.6 is 0 Å².